The minimum atomic E-state index is -3.72. The first-order valence-electron chi connectivity index (χ1n) is 7.93. The van der Waals surface area contributed by atoms with E-state index in [4.69, 9.17) is 0 Å². The fraction of sp³-hybridized carbons (Fsp3) is 0.167. The van der Waals surface area contributed by atoms with Gasteiger partial charge in [-0.1, -0.05) is 30.3 Å². The zero-order valence-electron chi connectivity index (χ0n) is 13.9. The van der Waals surface area contributed by atoms with Crippen LogP contribution < -0.4 is 4.90 Å². The summed E-state index contributed by atoms with van der Waals surface area (Å²) in [4.78, 5) is 14.1. The molecule has 3 aromatic rings. The van der Waals surface area contributed by atoms with Gasteiger partial charge in [0.05, 0.1) is 10.6 Å². The van der Waals surface area contributed by atoms with Crippen molar-refractivity contribution in [1.29, 1.82) is 0 Å². The van der Waals surface area contributed by atoms with Gasteiger partial charge in [0.25, 0.3) is 0 Å². The highest BCUT2D eigenvalue weighted by Crippen LogP contribution is 2.22. The highest BCUT2D eigenvalue weighted by molar-refractivity contribution is 7.91. The summed E-state index contributed by atoms with van der Waals surface area (Å²) in [7, 11) is -3.72. The number of rotatable bonds is 7. The number of para-hydroxylation sites is 1. The van der Waals surface area contributed by atoms with Gasteiger partial charge in [-0.25, -0.2) is 13.0 Å². The molecule has 0 fully saturated rings. The summed E-state index contributed by atoms with van der Waals surface area (Å²) < 4.78 is 29.9. The zero-order valence-corrected chi connectivity index (χ0v) is 14.7. The fourth-order valence-corrected chi connectivity index (χ4v) is 3.97. The van der Waals surface area contributed by atoms with E-state index < -0.39 is 9.84 Å². The molecule has 0 bridgehead atoms. The number of hydrogen-bond acceptors (Lipinski definition) is 6. The summed E-state index contributed by atoms with van der Waals surface area (Å²) >= 11 is 0. The molecule has 0 saturated heterocycles. The molecule has 0 aliphatic heterocycles. The molecule has 3 rings (SSSR count). The van der Waals surface area contributed by atoms with Gasteiger partial charge in [-0.2, -0.15) is 0 Å². The van der Waals surface area contributed by atoms with Gasteiger partial charge < -0.3 is 4.90 Å². The van der Waals surface area contributed by atoms with E-state index in [0.717, 1.165) is 0 Å². The lowest BCUT2D eigenvalue weighted by molar-refractivity contribution is -0.118. The number of hydrogen-bond donors (Lipinski definition) is 0. The minimum absolute atomic E-state index is 0.0130. The number of carbonyl (C=O) groups excluding carboxylic acids is 1. The van der Waals surface area contributed by atoms with Crippen LogP contribution in [-0.2, 0) is 14.6 Å². The largest absolute Gasteiger partial charge is 0.309 e. The average molecular weight is 371 g/mol. The molecule has 0 unspecified atom stereocenters. The van der Waals surface area contributed by atoms with Gasteiger partial charge in [-0.3, -0.25) is 4.79 Å². The van der Waals surface area contributed by atoms with Crippen LogP contribution in [0.1, 0.15) is 6.42 Å². The van der Waals surface area contributed by atoms with Crippen LogP contribution in [0.15, 0.2) is 70.7 Å². The smallest absolute Gasteiger partial charge is 0.228 e. The van der Waals surface area contributed by atoms with Crippen molar-refractivity contribution in [3.05, 3.63) is 61.2 Å². The second-order valence-corrected chi connectivity index (χ2v) is 7.66. The van der Waals surface area contributed by atoms with Crippen molar-refractivity contribution in [2.24, 2.45) is 0 Å². The number of nitrogens with zero attached hydrogens (tertiary/aromatic N) is 3. The van der Waals surface area contributed by atoms with E-state index in [1.165, 1.54) is 11.0 Å². The molecule has 1 amide bonds. The van der Waals surface area contributed by atoms with Gasteiger partial charge >= 0.3 is 0 Å². The maximum Gasteiger partial charge on any atom is 0.228 e. The summed E-state index contributed by atoms with van der Waals surface area (Å²) in [5.41, 5.74) is 1.22. The molecule has 0 saturated carbocycles. The maximum atomic E-state index is 12.7. The lowest BCUT2D eigenvalue weighted by Gasteiger charge is -2.21. The molecule has 2 aromatic carbocycles. The van der Waals surface area contributed by atoms with E-state index in [9.17, 15) is 13.2 Å². The monoisotopic (exact) mass is 371 g/mol. The van der Waals surface area contributed by atoms with Crippen LogP contribution in [0.4, 0.5) is 5.69 Å². The fourth-order valence-electron chi connectivity index (χ4n) is 2.59. The van der Waals surface area contributed by atoms with Crippen LogP contribution >= 0.6 is 0 Å². The number of aromatic nitrogens is 2. The number of carbonyl (C=O) groups is 1. The quantitative estimate of drug-likeness (QED) is 0.593. The Morgan fingerprint density at radius 1 is 1.12 bits per heavy atom. The summed E-state index contributed by atoms with van der Waals surface area (Å²) in [6.07, 6.45) is 1.44. The topological polar surface area (TPSA) is 93.4 Å². The maximum absolute atomic E-state index is 12.7. The van der Waals surface area contributed by atoms with Gasteiger partial charge in [0.15, 0.2) is 15.4 Å². The molecule has 0 aliphatic rings. The van der Waals surface area contributed by atoms with Crippen LogP contribution in [0, 0.1) is 0 Å². The molecular formula is C18H17N3O4S. The molecule has 1 heterocycles. The number of amides is 1. The van der Waals surface area contributed by atoms with Crippen molar-refractivity contribution in [3.63, 3.8) is 0 Å². The van der Waals surface area contributed by atoms with Gasteiger partial charge in [0, 0.05) is 18.7 Å². The predicted octanol–water partition coefficient (Wildman–Crippen LogP) is 2.61. The van der Waals surface area contributed by atoms with Crippen molar-refractivity contribution in [2.45, 2.75) is 11.3 Å². The summed E-state index contributed by atoms with van der Waals surface area (Å²) in [5.74, 6) is -0.636. The Bertz CT molecular complexity index is 1030. The molecule has 0 spiro atoms. The second-order valence-electron chi connectivity index (χ2n) is 5.59. The minimum Gasteiger partial charge on any atom is -0.309 e. The third-order valence-corrected chi connectivity index (χ3v) is 5.59. The van der Waals surface area contributed by atoms with Crippen molar-refractivity contribution in [1.82, 2.24) is 10.3 Å². The Morgan fingerprint density at radius 3 is 2.62 bits per heavy atom. The first-order chi connectivity index (χ1) is 12.5. The summed E-state index contributed by atoms with van der Waals surface area (Å²) in [6.45, 7) is 3.95. The lowest BCUT2D eigenvalue weighted by Crippen LogP contribution is -2.32. The average Bonchev–Trinajstić information content (AvgIpc) is 3.13. The molecule has 7 nitrogen and oxygen atoms in total. The van der Waals surface area contributed by atoms with E-state index in [0.29, 0.717) is 17.7 Å². The third kappa shape index (κ3) is 3.65. The van der Waals surface area contributed by atoms with E-state index in [1.807, 2.05) is 18.2 Å². The highest BCUT2D eigenvalue weighted by atomic mass is 32.2. The Labute approximate surface area is 150 Å². The standard InChI is InChI=1S/C18H17N3O4S/c1-2-12-21(14-7-4-3-5-8-14)17(22)11-13-26(23,24)16-10-6-9-15-18(16)20-25-19-15/h2-10H,1,11-13H2. The molecule has 134 valence electrons. The van der Waals surface area contributed by atoms with Crippen LogP contribution in [-0.4, -0.2) is 36.9 Å². The van der Waals surface area contributed by atoms with Gasteiger partial charge in [0.1, 0.15) is 5.52 Å². The summed E-state index contributed by atoms with van der Waals surface area (Å²) in [6, 6.07) is 13.7. The zero-order chi connectivity index (χ0) is 18.6. The number of benzene rings is 2. The normalized spacial score (nSPS) is 11.4. The molecular weight excluding hydrogens is 354 g/mol. The second kappa shape index (κ2) is 7.49. The lowest BCUT2D eigenvalue weighted by atomic mass is 10.2. The Hall–Kier alpha value is -3.00. The van der Waals surface area contributed by atoms with Crippen LogP contribution in [0.2, 0.25) is 0 Å². The van der Waals surface area contributed by atoms with Crippen LogP contribution in [0.3, 0.4) is 0 Å². The van der Waals surface area contributed by atoms with Crippen molar-refractivity contribution >= 4 is 32.5 Å². The van der Waals surface area contributed by atoms with Gasteiger partial charge in [0.2, 0.25) is 5.91 Å². The Morgan fingerprint density at radius 2 is 1.88 bits per heavy atom. The van der Waals surface area contributed by atoms with Crippen LogP contribution in [0.25, 0.3) is 11.0 Å². The van der Waals surface area contributed by atoms with Crippen molar-refractivity contribution in [3.8, 4) is 0 Å². The van der Waals surface area contributed by atoms with E-state index >= 15 is 0 Å². The molecule has 0 atom stereocenters. The van der Waals surface area contributed by atoms with E-state index in [1.54, 1.807) is 30.3 Å². The van der Waals surface area contributed by atoms with Gasteiger partial charge in [-0.15, -0.1) is 6.58 Å². The Balaban J connectivity index is 1.79. The van der Waals surface area contributed by atoms with Crippen molar-refractivity contribution in [2.75, 3.05) is 17.2 Å². The molecule has 8 heteroatoms. The molecule has 0 aliphatic carbocycles. The molecule has 0 radical (unpaired) electrons. The molecule has 1 aromatic heterocycles. The van der Waals surface area contributed by atoms with E-state index in [-0.39, 0.29) is 28.5 Å². The first kappa shape index (κ1) is 17.8. The Kier molecular flexibility index (Phi) is 5.13. The predicted molar refractivity (Wildman–Crippen MR) is 97.5 cm³/mol. The number of fused-ring (bicyclic) bond motifs is 1. The SMILES string of the molecule is C=CCN(C(=O)CCS(=O)(=O)c1cccc2nonc12)c1ccccc1. The van der Waals surface area contributed by atoms with Gasteiger partial charge in [-0.05, 0) is 34.6 Å². The van der Waals surface area contributed by atoms with Crippen molar-refractivity contribution < 1.29 is 17.8 Å². The summed E-state index contributed by atoms with van der Waals surface area (Å²) in [5, 5.41) is 7.29. The molecule has 26 heavy (non-hydrogen) atoms. The first-order valence-corrected chi connectivity index (χ1v) is 9.58. The number of sulfone groups is 1. The third-order valence-electron chi connectivity index (χ3n) is 3.85. The molecule has 0 N–H and O–H groups in total. The highest BCUT2D eigenvalue weighted by Gasteiger charge is 2.23. The van der Waals surface area contributed by atoms with E-state index in [2.05, 4.69) is 21.5 Å². The number of anilines is 1. The van der Waals surface area contributed by atoms with Crippen LogP contribution in [0.5, 0.6) is 0 Å².